The highest BCUT2D eigenvalue weighted by Gasteiger charge is 2.46. The molecular formula is C30H26N4O4S2. The van der Waals surface area contributed by atoms with Crippen LogP contribution in [0.4, 0.5) is 0 Å². The summed E-state index contributed by atoms with van der Waals surface area (Å²) in [4.78, 5) is 4.90. The number of benzene rings is 4. The number of hydrogen-bond donors (Lipinski definition) is 2. The number of nitrogens with one attached hydrogen (secondary N) is 2. The van der Waals surface area contributed by atoms with E-state index >= 15 is 0 Å². The Bertz CT molecular complexity index is 1710. The molecule has 0 spiro atoms. The van der Waals surface area contributed by atoms with Crippen LogP contribution in [-0.4, -0.2) is 28.3 Å². The lowest BCUT2D eigenvalue weighted by Crippen LogP contribution is -2.43. The molecule has 2 bridgehead atoms. The van der Waals surface area contributed by atoms with Gasteiger partial charge in [0.15, 0.2) is 0 Å². The van der Waals surface area contributed by atoms with Crippen LogP contribution < -0.4 is 9.66 Å². The van der Waals surface area contributed by atoms with Crippen LogP contribution in [0.25, 0.3) is 0 Å². The van der Waals surface area contributed by atoms with Crippen molar-refractivity contribution in [2.75, 3.05) is 0 Å². The van der Waals surface area contributed by atoms with E-state index in [1.54, 1.807) is 24.3 Å². The van der Waals surface area contributed by atoms with Gasteiger partial charge >= 0.3 is 0 Å². The molecule has 0 fully saturated rings. The molecule has 0 heterocycles. The molecule has 0 aromatic heterocycles. The summed E-state index contributed by atoms with van der Waals surface area (Å²) in [5.41, 5.74) is 6.42. The Kier molecular flexibility index (Phi) is 6.31. The normalized spacial score (nSPS) is 19.8. The fraction of sp³-hybridized carbons (Fsp3) is 0.133. The first-order valence-corrected chi connectivity index (χ1v) is 15.6. The smallest absolute Gasteiger partial charge is 0.200 e. The van der Waals surface area contributed by atoms with Gasteiger partial charge in [-0.15, -0.1) is 0 Å². The topological polar surface area (TPSA) is 117 Å². The quantitative estimate of drug-likeness (QED) is 0.331. The molecule has 0 radical (unpaired) electrons. The van der Waals surface area contributed by atoms with E-state index in [0.717, 1.165) is 33.4 Å². The van der Waals surface area contributed by atoms with E-state index in [-0.39, 0.29) is 9.79 Å². The van der Waals surface area contributed by atoms with Crippen molar-refractivity contribution in [1.29, 1.82) is 0 Å². The van der Waals surface area contributed by atoms with E-state index in [2.05, 4.69) is 19.9 Å². The molecule has 3 aliphatic rings. The first-order chi connectivity index (χ1) is 19.2. The fourth-order valence-corrected chi connectivity index (χ4v) is 6.93. The molecule has 0 aliphatic heterocycles. The standard InChI is InChI=1S/C30H26N4O4S2/c1-19-11-15-21(16-12-19)39(35,36)33-31-29-27-23-7-3-5-9-25(23)28(26-10-6-4-8-24(26)27)30(29)32-34-40(37,38)22-17-13-20(2)14-18-22/h3-18,27-28,33-34H,1-2H3/b31-29-,32-30+. The molecule has 40 heavy (non-hydrogen) atoms. The van der Waals surface area contributed by atoms with Crippen LogP contribution in [0.5, 0.6) is 0 Å². The van der Waals surface area contributed by atoms with Gasteiger partial charge in [0, 0.05) is 0 Å². The average Bonchev–Trinajstić information content (AvgIpc) is 2.95. The third kappa shape index (κ3) is 4.48. The monoisotopic (exact) mass is 570 g/mol. The van der Waals surface area contributed by atoms with Crippen LogP contribution >= 0.6 is 0 Å². The molecule has 0 unspecified atom stereocenters. The third-order valence-corrected chi connectivity index (χ3v) is 9.73. The Morgan fingerprint density at radius 2 is 0.800 bits per heavy atom. The van der Waals surface area contributed by atoms with Crippen LogP contribution in [0.3, 0.4) is 0 Å². The molecule has 3 aliphatic carbocycles. The number of nitrogens with zero attached hydrogens (tertiary/aromatic N) is 2. The van der Waals surface area contributed by atoms with E-state index in [9.17, 15) is 16.8 Å². The van der Waals surface area contributed by atoms with Gasteiger partial charge in [-0.1, -0.05) is 83.9 Å². The Morgan fingerprint density at radius 1 is 0.500 bits per heavy atom. The van der Waals surface area contributed by atoms with Crippen LogP contribution in [0, 0.1) is 13.8 Å². The van der Waals surface area contributed by atoms with E-state index in [4.69, 9.17) is 0 Å². The predicted octanol–water partition coefficient (Wildman–Crippen LogP) is 4.56. The van der Waals surface area contributed by atoms with Gasteiger partial charge in [0.1, 0.15) is 0 Å². The van der Waals surface area contributed by atoms with Gasteiger partial charge in [0.2, 0.25) is 0 Å². The van der Waals surface area contributed by atoms with Crippen LogP contribution in [-0.2, 0) is 20.0 Å². The molecule has 202 valence electrons. The van der Waals surface area contributed by atoms with Gasteiger partial charge < -0.3 is 0 Å². The lowest BCUT2D eigenvalue weighted by molar-refractivity contribution is 0.582. The number of sulfonamides is 2. The van der Waals surface area contributed by atoms with Crippen molar-refractivity contribution in [3.63, 3.8) is 0 Å². The van der Waals surface area contributed by atoms with E-state index in [1.807, 2.05) is 62.4 Å². The van der Waals surface area contributed by atoms with Crippen molar-refractivity contribution in [2.24, 2.45) is 10.2 Å². The molecule has 8 nitrogen and oxygen atoms in total. The Hall–Kier alpha value is -4.28. The molecule has 4 aromatic rings. The van der Waals surface area contributed by atoms with Crippen molar-refractivity contribution in [3.8, 4) is 0 Å². The lowest BCUT2D eigenvalue weighted by Gasteiger charge is -2.41. The number of hydrazone groups is 2. The summed E-state index contributed by atoms with van der Waals surface area (Å²) in [6, 6.07) is 28.5. The molecule has 10 heteroatoms. The second-order valence-electron chi connectivity index (χ2n) is 9.93. The zero-order valence-corrected chi connectivity index (χ0v) is 23.4. The highest BCUT2D eigenvalue weighted by molar-refractivity contribution is 7.89. The number of rotatable bonds is 6. The van der Waals surface area contributed by atoms with Gasteiger partial charge in [-0.3, -0.25) is 0 Å². The number of fused-ring (bicyclic) bond motifs is 1. The third-order valence-electron chi connectivity index (χ3n) is 7.28. The summed E-state index contributed by atoms with van der Waals surface area (Å²) in [6.07, 6.45) is 0. The van der Waals surface area contributed by atoms with Gasteiger partial charge in [0.05, 0.1) is 33.1 Å². The molecule has 7 rings (SSSR count). The predicted molar refractivity (Wildman–Crippen MR) is 154 cm³/mol. The van der Waals surface area contributed by atoms with E-state index in [0.29, 0.717) is 11.4 Å². The first-order valence-electron chi connectivity index (χ1n) is 12.7. The zero-order chi connectivity index (χ0) is 28.1. The average molecular weight is 571 g/mol. The molecule has 0 atom stereocenters. The van der Waals surface area contributed by atoms with Crippen molar-refractivity contribution in [2.45, 2.75) is 35.5 Å². The summed E-state index contributed by atoms with van der Waals surface area (Å²) in [5.74, 6) is -0.888. The van der Waals surface area contributed by atoms with E-state index < -0.39 is 31.9 Å². The molecule has 4 aromatic carbocycles. The van der Waals surface area contributed by atoms with Crippen LogP contribution in [0.1, 0.15) is 45.2 Å². The van der Waals surface area contributed by atoms with Crippen molar-refractivity contribution < 1.29 is 16.8 Å². The highest BCUT2D eigenvalue weighted by Crippen LogP contribution is 2.50. The van der Waals surface area contributed by atoms with Gasteiger partial charge in [-0.05, 0) is 60.4 Å². The first kappa shape index (κ1) is 26.0. The molecular weight excluding hydrogens is 544 g/mol. The fourth-order valence-electron chi connectivity index (χ4n) is 5.30. The molecule has 0 amide bonds. The largest absolute Gasteiger partial charge is 0.276 e. The summed E-state index contributed by atoms with van der Waals surface area (Å²) >= 11 is 0. The summed E-state index contributed by atoms with van der Waals surface area (Å²) in [7, 11) is -7.99. The maximum Gasteiger partial charge on any atom is 0.276 e. The minimum absolute atomic E-state index is 0.0720. The SMILES string of the molecule is Cc1ccc(S(=O)(=O)N/N=C2\C(=N\NS(=O)(=O)c3ccc(C)cc3)C3c4ccccc4C2c2ccccc23)cc1. The summed E-state index contributed by atoms with van der Waals surface area (Å²) in [5, 5.41) is 8.83. The van der Waals surface area contributed by atoms with Gasteiger partial charge in [0.25, 0.3) is 20.0 Å². The maximum atomic E-state index is 13.2. The molecule has 0 saturated heterocycles. The lowest BCUT2D eigenvalue weighted by atomic mass is 9.62. The Labute approximate surface area is 233 Å². The van der Waals surface area contributed by atoms with Crippen LogP contribution in [0.2, 0.25) is 0 Å². The van der Waals surface area contributed by atoms with E-state index in [1.165, 1.54) is 24.3 Å². The second-order valence-corrected chi connectivity index (χ2v) is 13.3. The Morgan fingerprint density at radius 3 is 1.10 bits per heavy atom. The number of hydrogen-bond acceptors (Lipinski definition) is 6. The molecule has 0 saturated carbocycles. The highest BCUT2D eigenvalue weighted by atomic mass is 32.2. The van der Waals surface area contributed by atoms with Crippen LogP contribution in [0.15, 0.2) is 117 Å². The van der Waals surface area contributed by atoms with Gasteiger partial charge in [-0.25, -0.2) is 0 Å². The minimum atomic E-state index is -3.99. The summed E-state index contributed by atoms with van der Waals surface area (Å²) in [6.45, 7) is 3.75. The zero-order valence-electron chi connectivity index (χ0n) is 21.7. The van der Waals surface area contributed by atoms with Crippen molar-refractivity contribution in [3.05, 3.63) is 130 Å². The Balaban J connectivity index is 1.49. The van der Waals surface area contributed by atoms with Gasteiger partial charge in [-0.2, -0.15) is 36.7 Å². The number of aryl methyl sites for hydroxylation is 2. The van der Waals surface area contributed by atoms with Crippen molar-refractivity contribution >= 4 is 31.5 Å². The second kappa shape index (κ2) is 9.72. The minimum Gasteiger partial charge on any atom is -0.200 e. The maximum absolute atomic E-state index is 13.2. The molecule has 2 N–H and O–H groups in total. The van der Waals surface area contributed by atoms with Crippen molar-refractivity contribution in [1.82, 2.24) is 9.66 Å². The summed E-state index contributed by atoms with van der Waals surface area (Å²) < 4.78 is 52.6.